The van der Waals surface area contributed by atoms with Gasteiger partial charge in [-0.25, -0.2) is 0 Å². The van der Waals surface area contributed by atoms with Crippen LogP contribution in [0.3, 0.4) is 0 Å². The topological polar surface area (TPSA) is 81.1 Å². The maximum absolute atomic E-state index is 10.8. The minimum atomic E-state index is -0.0872. The fourth-order valence-electron chi connectivity index (χ4n) is 1.38. The van der Waals surface area contributed by atoms with Gasteiger partial charge in [0.2, 0.25) is 5.91 Å². The second-order valence-electron chi connectivity index (χ2n) is 3.85. The van der Waals surface area contributed by atoms with E-state index in [1.54, 1.807) is 13.2 Å². The Labute approximate surface area is 107 Å². The zero-order chi connectivity index (χ0) is 13.1. The average molecular weight is 255 g/mol. The van der Waals surface area contributed by atoms with Gasteiger partial charge in [0.05, 0.1) is 6.20 Å². The smallest absolute Gasteiger partial charge is 0.245 e. The van der Waals surface area contributed by atoms with Gasteiger partial charge in [0.25, 0.3) is 0 Å². The van der Waals surface area contributed by atoms with Crippen LogP contribution < -0.4 is 10.6 Å². The Morgan fingerprint density at radius 1 is 1.39 bits per heavy atom. The predicted octanol–water partition coefficient (Wildman–Crippen LogP) is -0.589. The molecule has 1 aromatic heterocycles. The molecule has 1 aromatic rings. The molecule has 0 atom stereocenters. The predicted molar refractivity (Wildman–Crippen MR) is 67.0 cm³/mol. The first-order valence-electron chi connectivity index (χ1n) is 6.16. The quantitative estimate of drug-likeness (QED) is 0.546. The van der Waals surface area contributed by atoms with Crippen LogP contribution in [0, 0.1) is 0 Å². The van der Waals surface area contributed by atoms with Gasteiger partial charge < -0.3 is 15.4 Å². The lowest BCUT2D eigenvalue weighted by molar-refractivity contribution is -0.125. The van der Waals surface area contributed by atoms with E-state index in [2.05, 4.69) is 20.9 Å². The maximum atomic E-state index is 10.8. The summed E-state index contributed by atoms with van der Waals surface area (Å²) in [5, 5.41) is 13.4. The Kier molecular flexibility index (Phi) is 7.74. The molecular formula is C11H21N5O2. The molecule has 0 saturated heterocycles. The van der Waals surface area contributed by atoms with E-state index >= 15 is 0 Å². The minimum absolute atomic E-state index is 0.0872. The van der Waals surface area contributed by atoms with Crippen molar-refractivity contribution < 1.29 is 9.53 Å². The number of nitrogens with zero attached hydrogens (tertiary/aromatic N) is 3. The van der Waals surface area contributed by atoms with Gasteiger partial charge in [-0.3, -0.25) is 9.48 Å². The first-order chi connectivity index (χ1) is 8.83. The van der Waals surface area contributed by atoms with E-state index in [9.17, 15) is 4.79 Å². The third-order valence-electron chi connectivity index (χ3n) is 2.37. The summed E-state index contributed by atoms with van der Waals surface area (Å²) in [6.45, 7) is 3.45. The van der Waals surface area contributed by atoms with E-state index < -0.39 is 0 Å². The molecule has 0 aliphatic carbocycles. The summed E-state index contributed by atoms with van der Waals surface area (Å²) in [7, 11) is 1.60. The van der Waals surface area contributed by atoms with Gasteiger partial charge in [0.15, 0.2) is 0 Å². The number of carbonyl (C=O) groups excluding carboxylic acids is 1. The number of likely N-dealkylation sites (N-methyl/N-ethyl adjacent to an activating group) is 1. The van der Waals surface area contributed by atoms with Gasteiger partial charge >= 0.3 is 0 Å². The second-order valence-corrected chi connectivity index (χ2v) is 3.85. The fourth-order valence-corrected chi connectivity index (χ4v) is 1.38. The van der Waals surface area contributed by atoms with Crippen molar-refractivity contribution >= 4 is 5.91 Å². The van der Waals surface area contributed by atoms with Gasteiger partial charge in [-0.15, -0.1) is 5.10 Å². The molecule has 0 bridgehead atoms. The lowest BCUT2D eigenvalue weighted by Crippen LogP contribution is -2.24. The van der Waals surface area contributed by atoms with Crippen LogP contribution >= 0.6 is 0 Å². The molecule has 0 saturated carbocycles. The lowest BCUT2D eigenvalue weighted by Gasteiger charge is -2.05. The zero-order valence-corrected chi connectivity index (χ0v) is 10.8. The van der Waals surface area contributed by atoms with Crippen molar-refractivity contribution in [1.82, 2.24) is 25.6 Å². The molecule has 1 heterocycles. The first kappa shape index (κ1) is 14.6. The summed E-state index contributed by atoms with van der Waals surface area (Å²) in [5.41, 5.74) is 0. The molecule has 0 aliphatic rings. The third-order valence-corrected chi connectivity index (χ3v) is 2.37. The third kappa shape index (κ3) is 6.97. The van der Waals surface area contributed by atoms with Gasteiger partial charge in [0, 0.05) is 26.4 Å². The van der Waals surface area contributed by atoms with E-state index in [-0.39, 0.29) is 12.5 Å². The number of carbonyl (C=O) groups is 1. The van der Waals surface area contributed by atoms with Crippen LogP contribution in [0.25, 0.3) is 0 Å². The number of rotatable bonds is 10. The van der Waals surface area contributed by atoms with Crippen molar-refractivity contribution in [1.29, 1.82) is 0 Å². The van der Waals surface area contributed by atoms with E-state index in [1.165, 1.54) is 0 Å². The molecule has 0 fully saturated rings. The molecule has 102 valence electrons. The van der Waals surface area contributed by atoms with E-state index in [0.29, 0.717) is 6.61 Å². The van der Waals surface area contributed by atoms with E-state index in [1.807, 2.05) is 10.9 Å². The van der Waals surface area contributed by atoms with Crippen LogP contribution in [0.15, 0.2) is 12.4 Å². The molecule has 1 rings (SSSR count). The molecule has 2 N–H and O–H groups in total. The standard InChI is InChI=1S/C11H21N5O2/c1-12-11(17)10-18-9-3-5-13-4-2-7-16-8-6-14-15-16/h6,8,13H,2-5,7,9-10H2,1H3,(H,12,17). The summed E-state index contributed by atoms with van der Waals surface area (Å²) >= 11 is 0. The molecular weight excluding hydrogens is 234 g/mol. The summed E-state index contributed by atoms with van der Waals surface area (Å²) < 4.78 is 6.99. The Morgan fingerprint density at radius 3 is 2.94 bits per heavy atom. The van der Waals surface area contributed by atoms with Crippen molar-refractivity contribution in [2.75, 3.05) is 33.4 Å². The maximum Gasteiger partial charge on any atom is 0.245 e. The SMILES string of the molecule is CNC(=O)COCCCNCCCn1ccnn1. The van der Waals surface area contributed by atoms with Gasteiger partial charge in [-0.2, -0.15) is 0 Å². The van der Waals surface area contributed by atoms with Crippen LogP contribution in [-0.2, 0) is 16.1 Å². The first-order valence-corrected chi connectivity index (χ1v) is 6.16. The molecule has 0 unspecified atom stereocenters. The van der Waals surface area contributed by atoms with Crippen molar-refractivity contribution in [3.8, 4) is 0 Å². The minimum Gasteiger partial charge on any atom is -0.372 e. The van der Waals surface area contributed by atoms with Gasteiger partial charge in [0.1, 0.15) is 6.61 Å². The van der Waals surface area contributed by atoms with Crippen molar-refractivity contribution in [2.24, 2.45) is 0 Å². The highest BCUT2D eigenvalue weighted by Crippen LogP contribution is 1.86. The zero-order valence-electron chi connectivity index (χ0n) is 10.8. The number of aryl methyl sites for hydroxylation is 1. The summed E-state index contributed by atoms with van der Waals surface area (Å²) in [6.07, 6.45) is 5.45. The number of nitrogens with one attached hydrogen (secondary N) is 2. The molecule has 0 radical (unpaired) electrons. The molecule has 0 aromatic carbocycles. The van der Waals surface area contributed by atoms with Crippen molar-refractivity contribution in [3.63, 3.8) is 0 Å². The van der Waals surface area contributed by atoms with Crippen LogP contribution in [0.2, 0.25) is 0 Å². The largest absolute Gasteiger partial charge is 0.372 e. The van der Waals surface area contributed by atoms with Gasteiger partial charge in [-0.05, 0) is 25.9 Å². The summed E-state index contributed by atoms with van der Waals surface area (Å²) in [5.74, 6) is -0.0872. The number of hydrogen-bond donors (Lipinski definition) is 2. The van der Waals surface area contributed by atoms with E-state index in [4.69, 9.17) is 4.74 Å². The number of aromatic nitrogens is 3. The van der Waals surface area contributed by atoms with Crippen molar-refractivity contribution in [3.05, 3.63) is 12.4 Å². The number of ether oxygens (including phenoxy) is 1. The Bertz CT molecular complexity index is 315. The van der Waals surface area contributed by atoms with Crippen LogP contribution in [0.4, 0.5) is 0 Å². The Morgan fingerprint density at radius 2 is 2.22 bits per heavy atom. The monoisotopic (exact) mass is 255 g/mol. The molecule has 0 aliphatic heterocycles. The highest BCUT2D eigenvalue weighted by molar-refractivity contribution is 5.76. The summed E-state index contributed by atoms with van der Waals surface area (Å²) in [4.78, 5) is 10.8. The fraction of sp³-hybridized carbons (Fsp3) is 0.727. The Balaban J connectivity index is 1.80. The van der Waals surface area contributed by atoms with Crippen molar-refractivity contribution in [2.45, 2.75) is 19.4 Å². The van der Waals surface area contributed by atoms with Crippen LogP contribution in [0.1, 0.15) is 12.8 Å². The van der Waals surface area contributed by atoms with E-state index in [0.717, 1.165) is 32.5 Å². The molecule has 7 nitrogen and oxygen atoms in total. The molecule has 0 spiro atoms. The second kappa shape index (κ2) is 9.55. The molecule has 1 amide bonds. The average Bonchev–Trinajstić information content (AvgIpc) is 2.89. The van der Waals surface area contributed by atoms with Crippen LogP contribution in [0.5, 0.6) is 0 Å². The van der Waals surface area contributed by atoms with Crippen LogP contribution in [-0.4, -0.2) is 54.3 Å². The molecule has 18 heavy (non-hydrogen) atoms. The number of hydrogen-bond acceptors (Lipinski definition) is 5. The molecule has 7 heteroatoms. The highest BCUT2D eigenvalue weighted by atomic mass is 16.5. The number of amides is 1. The highest BCUT2D eigenvalue weighted by Gasteiger charge is 1.96. The lowest BCUT2D eigenvalue weighted by atomic mass is 10.4. The summed E-state index contributed by atoms with van der Waals surface area (Å²) in [6, 6.07) is 0. The Hall–Kier alpha value is -1.47. The normalized spacial score (nSPS) is 10.5. The van der Waals surface area contributed by atoms with Gasteiger partial charge in [-0.1, -0.05) is 5.21 Å².